The molecular formula is C6H6ClNO3. The zero-order valence-electron chi connectivity index (χ0n) is 5.41. The summed E-state index contributed by atoms with van der Waals surface area (Å²) in [7, 11) is 0. The second kappa shape index (κ2) is 3.06. The van der Waals surface area contributed by atoms with E-state index in [-0.39, 0.29) is 11.4 Å². The van der Waals surface area contributed by atoms with Crippen molar-refractivity contribution in [1.29, 1.82) is 0 Å². The van der Waals surface area contributed by atoms with Crippen LogP contribution in [0.2, 0.25) is 5.02 Å². The highest BCUT2D eigenvalue weighted by molar-refractivity contribution is 6.30. The minimum absolute atomic E-state index is 0.183. The Bertz CT molecular complexity index is 264. The standard InChI is InChI=1S/C6H6ClNO3/c7-4-1-2-6(9)5(3-4)8(10)11/h1-3,8-10H. The smallest absolute Gasteiger partial charge is 0.207 e. The van der Waals surface area contributed by atoms with Crippen LogP contribution in [-0.4, -0.2) is 10.3 Å². The fraction of sp³-hybridized carbons (Fsp3) is 0. The van der Waals surface area contributed by atoms with Crippen LogP contribution in [0.3, 0.4) is 0 Å². The summed E-state index contributed by atoms with van der Waals surface area (Å²) < 4.78 is 0. The molecule has 1 aromatic carbocycles. The van der Waals surface area contributed by atoms with E-state index in [4.69, 9.17) is 21.9 Å². The molecule has 0 spiro atoms. The molecule has 0 aliphatic carbocycles. The summed E-state index contributed by atoms with van der Waals surface area (Å²) in [5.74, 6) is -0.276. The first-order valence-corrected chi connectivity index (χ1v) is 3.21. The highest BCUT2D eigenvalue weighted by Gasteiger charge is 2.07. The molecule has 0 saturated heterocycles. The second-order valence-electron chi connectivity index (χ2n) is 1.97. The molecule has 5 heteroatoms. The number of benzene rings is 1. The third-order valence-electron chi connectivity index (χ3n) is 1.19. The van der Waals surface area contributed by atoms with Crippen molar-refractivity contribution < 1.29 is 15.5 Å². The molecule has 1 aromatic rings. The Hall–Kier alpha value is -0.810. The topological polar surface area (TPSA) is 68.0 Å². The molecule has 0 heterocycles. The first-order valence-electron chi connectivity index (χ1n) is 2.83. The minimum atomic E-state index is -1.19. The van der Waals surface area contributed by atoms with Crippen LogP contribution in [0.15, 0.2) is 18.2 Å². The summed E-state index contributed by atoms with van der Waals surface area (Å²) in [5.41, 5.74) is -0.183. The summed E-state index contributed by atoms with van der Waals surface area (Å²) in [6, 6.07) is 3.86. The molecule has 0 amide bonds. The number of hydrogen-bond acceptors (Lipinski definition) is 3. The van der Waals surface area contributed by atoms with E-state index in [0.717, 1.165) is 0 Å². The minimum Gasteiger partial charge on any atom is -0.595 e. The van der Waals surface area contributed by atoms with E-state index in [9.17, 15) is 5.21 Å². The Morgan fingerprint density at radius 1 is 1.45 bits per heavy atom. The van der Waals surface area contributed by atoms with Crippen LogP contribution >= 0.6 is 11.6 Å². The van der Waals surface area contributed by atoms with E-state index < -0.39 is 5.23 Å². The van der Waals surface area contributed by atoms with Crippen LogP contribution in [0.25, 0.3) is 0 Å². The normalized spacial score (nSPS) is 13.0. The quantitative estimate of drug-likeness (QED) is 0.429. The number of quaternary nitrogens is 1. The van der Waals surface area contributed by atoms with Gasteiger partial charge in [-0.2, -0.15) is 5.23 Å². The van der Waals surface area contributed by atoms with E-state index in [2.05, 4.69) is 0 Å². The molecule has 1 rings (SSSR count). The monoisotopic (exact) mass is 175 g/mol. The van der Waals surface area contributed by atoms with Gasteiger partial charge >= 0.3 is 0 Å². The highest BCUT2D eigenvalue weighted by atomic mass is 35.5. The largest absolute Gasteiger partial charge is 0.595 e. The van der Waals surface area contributed by atoms with Crippen LogP contribution in [0.5, 0.6) is 5.75 Å². The van der Waals surface area contributed by atoms with Gasteiger partial charge in [-0.1, -0.05) is 11.6 Å². The fourth-order valence-corrected chi connectivity index (χ4v) is 0.852. The molecule has 60 valence electrons. The molecule has 0 fully saturated rings. The van der Waals surface area contributed by atoms with Crippen LogP contribution in [0.1, 0.15) is 0 Å². The molecule has 0 aromatic heterocycles. The summed E-state index contributed by atoms with van der Waals surface area (Å²) in [6.07, 6.45) is 0. The van der Waals surface area contributed by atoms with Gasteiger partial charge in [0.1, 0.15) is 0 Å². The van der Waals surface area contributed by atoms with Crippen LogP contribution in [-0.2, 0) is 0 Å². The van der Waals surface area contributed by atoms with E-state index in [1.165, 1.54) is 18.2 Å². The van der Waals surface area contributed by atoms with Crippen molar-refractivity contribution in [2.45, 2.75) is 0 Å². The maximum Gasteiger partial charge on any atom is 0.207 e. The molecule has 4 nitrogen and oxygen atoms in total. The lowest BCUT2D eigenvalue weighted by Crippen LogP contribution is -2.99. The van der Waals surface area contributed by atoms with Crippen LogP contribution in [0.4, 0.5) is 5.69 Å². The van der Waals surface area contributed by atoms with Gasteiger partial charge in [-0.25, -0.2) is 5.21 Å². The Kier molecular flexibility index (Phi) is 2.31. The lowest BCUT2D eigenvalue weighted by atomic mass is 10.3. The van der Waals surface area contributed by atoms with Crippen molar-refractivity contribution in [3.05, 3.63) is 28.4 Å². The molecule has 3 N–H and O–H groups in total. The first-order chi connectivity index (χ1) is 5.11. The van der Waals surface area contributed by atoms with E-state index in [1.54, 1.807) is 0 Å². The molecule has 0 aliphatic heterocycles. The Morgan fingerprint density at radius 3 is 2.55 bits per heavy atom. The Morgan fingerprint density at radius 2 is 2.09 bits per heavy atom. The highest BCUT2D eigenvalue weighted by Crippen LogP contribution is 2.22. The van der Waals surface area contributed by atoms with Gasteiger partial charge < -0.3 is 10.3 Å². The number of halogens is 1. The maximum atomic E-state index is 10.4. The van der Waals surface area contributed by atoms with E-state index in [0.29, 0.717) is 5.02 Å². The van der Waals surface area contributed by atoms with Gasteiger partial charge in [-0.05, 0) is 12.1 Å². The van der Waals surface area contributed by atoms with Crippen molar-refractivity contribution in [2.75, 3.05) is 0 Å². The Labute approximate surface area is 67.8 Å². The number of nitrogens with one attached hydrogen (secondary N) is 1. The van der Waals surface area contributed by atoms with E-state index in [1.807, 2.05) is 0 Å². The van der Waals surface area contributed by atoms with Crippen LogP contribution in [0, 0.1) is 5.21 Å². The van der Waals surface area contributed by atoms with Gasteiger partial charge in [0.15, 0.2) is 5.75 Å². The maximum absolute atomic E-state index is 10.4. The number of phenolic OH excluding ortho intramolecular Hbond substituents is 1. The van der Waals surface area contributed by atoms with Gasteiger partial charge in [-0.15, -0.1) is 0 Å². The van der Waals surface area contributed by atoms with Crippen LogP contribution < -0.4 is 5.23 Å². The number of aromatic hydroxyl groups is 1. The second-order valence-corrected chi connectivity index (χ2v) is 2.40. The SMILES string of the molecule is [O-][NH+](O)c1cc(Cl)ccc1O. The number of phenols is 1. The third kappa shape index (κ3) is 1.81. The van der Waals surface area contributed by atoms with Crippen molar-refractivity contribution in [3.8, 4) is 5.75 Å². The average Bonchev–Trinajstić information content (AvgIpc) is 1.94. The molecule has 0 saturated carbocycles. The molecular weight excluding hydrogens is 170 g/mol. The molecule has 0 aliphatic rings. The zero-order valence-corrected chi connectivity index (χ0v) is 6.17. The van der Waals surface area contributed by atoms with Gasteiger partial charge in [-0.3, -0.25) is 0 Å². The summed E-state index contributed by atoms with van der Waals surface area (Å²) in [4.78, 5) is 0. The molecule has 11 heavy (non-hydrogen) atoms. The summed E-state index contributed by atoms with van der Waals surface area (Å²) in [6.45, 7) is 0. The number of hydrogen-bond donors (Lipinski definition) is 3. The lowest BCUT2D eigenvalue weighted by molar-refractivity contribution is -0.991. The average molecular weight is 176 g/mol. The predicted molar refractivity (Wildman–Crippen MR) is 38.9 cm³/mol. The Balaban J connectivity index is 3.13. The predicted octanol–water partition coefficient (Wildman–Crippen LogP) is 0.449. The van der Waals surface area contributed by atoms with Crippen molar-refractivity contribution in [1.82, 2.24) is 0 Å². The fourth-order valence-electron chi connectivity index (χ4n) is 0.680. The third-order valence-corrected chi connectivity index (χ3v) is 1.42. The molecule has 1 atom stereocenters. The van der Waals surface area contributed by atoms with E-state index >= 15 is 0 Å². The van der Waals surface area contributed by atoms with Crippen molar-refractivity contribution in [2.24, 2.45) is 0 Å². The first kappa shape index (κ1) is 8.29. The molecule has 0 bridgehead atoms. The lowest BCUT2D eigenvalue weighted by Gasteiger charge is -2.12. The number of rotatable bonds is 1. The molecule has 1 unspecified atom stereocenters. The van der Waals surface area contributed by atoms with Gasteiger partial charge in [0, 0.05) is 11.1 Å². The van der Waals surface area contributed by atoms with Gasteiger partial charge in [0.25, 0.3) is 0 Å². The van der Waals surface area contributed by atoms with Gasteiger partial charge in [0.05, 0.1) is 0 Å². The zero-order chi connectivity index (χ0) is 8.43. The summed E-state index contributed by atoms with van der Waals surface area (Å²) in [5, 5.41) is 26.9. The summed E-state index contributed by atoms with van der Waals surface area (Å²) >= 11 is 5.49. The van der Waals surface area contributed by atoms with Crippen molar-refractivity contribution in [3.63, 3.8) is 0 Å². The molecule has 0 radical (unpaired) electrons. The van der Waals surface area contributed by atoms with Crippen molar-refractivity contribution >= 4 is 17.3 Å². The van der Waals surface area contributed by atoms with Gasteiger partial charge in [0.2, 0.25) is 5.69 Å².